The van der Waals surface area contributed by atoms with Gasteiger partial charge in [0.25, 0.3) is 0 Å². The molecule has 0 amide bonds. The maximum atomic E-state index is 5.46. The van der Waals surface area contributed by atoms with Crippen LogP contribution < -0.4 is 16.0 Å². The second kappa shape index (κ2) is 30.9. The Bertz CT molecular complexity index is 2070. The first-order chi connectivity index (χ1) is 28.7. The van der Waals surface area contributed by atoms with E-state index in [1.54, 1.807) is 0 Å². The first kappa shape index (κ1) is 59.9. The summed E-state index contributed by atoms with van der Waals surface area (Å²) in [5.74, 6) is 5.79. The van der Waals surface area contributed by atoms with E-state index in [9.17, 15) is 0 Å². The molecule has 4 N–H and O–H groups in total. The number of thiol groups is 1. The number of allylic oxidation sites excluding steroid dienone is 1. The Kier molecular flexibility index (Phi) is 29.8. The topological polar surface area (TPSA) is 80.8 Å². The van der Waals surface area contributed by atoms with Gasteiger partial charge in [0.2, 0.25) is 0 Å². The summed E-state index contributed by atoms with van der Waals surface area (Å²) in [6.07, 6.45) is 12.4. The zero-order chi connectivity index (χ0) is 45.0. The van der Waals surface area contributed by atoms with Crippen LogP contribution in [0.4, 0.5) is 0 Å². The smallest absolute Gasteiger partial charge is 0.0542 e. The molecule has 5 aromatic rings. The first-order valence-corrected chi connectivity index (χ1v) is 22.8. The first-order valence-electron chi connectivity index (χ1n) is 22.3. The molecule has 334 valence electrons. The molecular weight excluding hydrogens is 1190 g/mol. The molecule has 2 unspecified atom stereocenters. The van der Waals surface area contributed by atoms with Gasteiger partial charge in [0.1, 0.15) is 0 Å². The van der Waals surface area contributed by atoms with Gasteiger partial charge in [-0.2, -0.15) is 24.6 Å². The third-order valence-corrected chi connectivity index (χ3v) is 10.5. The standard InChI is InChI=1S/C45H59N6S.C4H8.2C2H6.Pa.Tl/c1-9-31(4)43-39(24-35(29-48-43)22-33-15-13-18-47-28-33)44-40(27-45(6,7)8)38-26-36(16-17-42(38)51(44)10-2)37-21-30(3)20-34(23-37)25-41(50-52)32(5)14-11-12-19-49-46;1-4(2)3;2*1-2;;/h13,15-18,20-21,23-24,26,28-29,31,41,49-50,52H,3,5,9-12,14,19,22,25,27,46H2,1-2,4,6-8H3;1H2,2-3H3;2*1-2H3;;/q-1;;;;;. The minimum absolute atomic E-state index is 0. The van der Waals surface area contributed by atoms with Gasteiger partial charge in [-0.05, 0) is 117 Å². The number of aryl methyl sites for hydroxylation is 1. The Hall–Kier alpha value is -2.13. The van der Waals surface area contributed by atoms with Crippen molar-refractivity contribution in [2.24, 2.45) is 11.3 Å². The van der Waals surface area contributed by atoms with Gasteiger partial charge in [-0.15, -0.1) is 12.1 Å². The summed E-state index contributed by atoms with van der Waals surface area (Å²) in [6.45, 7) is 39.8. The Balaban J connectivity index is 0.00000347. The number of fused-ring (bicyclic) bond motifs is 1. The van der Waals surface area contributed by atoms with Gasteiger partial charge >= 0.3 is 0 Å². The van der Waals surface area contributed by atoms with E-state index in [1.807, 2.05) is 60.0 Å². The third-order valence-electron chi connectivity index (χ3n) is 10.2. The van der Waals surface area contributed by atoms with Gasteiger partial charge in [-0.25, -0.2) is 0 Å². The molecule has 0 aliphatic heterocycles. The van der Waals surface area contributed by atoms with E-state index < -0.39 is 0 Å². The molecule has 0 saturated carbocycles. The van der Waals surface area contributed by atoms with E-state index in [0.717, 1.165) is 69.2 Å². The van der Waals surface area contributed by atoms with Crippen molar-refractivity contribution >= 4 is 51.0 Å². The summed E-state index contributed by atoms with van der Waals surface area (Å²) >= 11 is 4.50. The monoisotopic (exact) mass is 1270 g/mol. The number of nitrogens with one attached hydrogen (secondary N) is 2. The van der Waals surface area contributed by atoms with Crippen LogP contribution >= 0.6 is 12.8 Å². The number of hydrogen-bond donors (Lipinski definition) is 4. The zero-order valence-corrected chi connectivity index (χ0v) is 50.8. The van der Waals surface area contributed by atoms with E-state index in [0.29, 0.717) is 5.92 Å². The van der Waals surface area contributed by atoms with E-state index in [-0.39, 0.29) is 71.1 Å². The number of hydrazine groups is 1. The van der Waals surface area contributed by atoms with Gasteiger partial charge in [-0.1, -0.05) is 117 Å². The molecule has 3 heterocycles. The fraction of sp³-hybridized carbons (Fsp3) is 0.453. The summed E-state index contributed by atoms with van der Waals surface area (Å²) in [5, 5.41) is 1.31. The van der Waals surface area contributed by atoms with Crippen LogP contribution in [0.2, 0.25) is 0 Å². The van der Waals surface area contributed by atoms with Crippen molar-refractivity contribution in [1.29, 1.82) is 0 Å². The van der Waals surface area contributed by atoms with Gasteiger partial charge in [0.15, 0.2) is 0 Å². The fourth-order valence-electron chi connectivity index (χ4n) is 7.40. The molecule has 9 heteroatoms. The molecule has 6 nitrogen and oxygen atoms in total. The molecule has 5 rings (SSSR count). The predicted molar refractivity (Wildman–Crippen MR) is 273 cm³/mol. The minimum atomic E-state index is 0. The zero-order valence-electron chi connectivity index (χ0n) is 40.6. The Morgan fingerprint density at radius 2 is 1.60 bits per heavy atom. The molecule has 2 aromatic carbocycles. The number of nitrogens with two attached hydrogens (primary N) is 1. The maximum Gasteiger partial charge on any atom is 0.0542 e. The second-order valence-corrected chi connectivity index (χ2v) is 17.1. The predicted octanol–water partition coefficient (Wildman–Crippen LogP) is 13.4. The van der Waals surface area contributed by atoms with Crippen LogP contribution in [0, 0.1) is 44.6 Å². The molecule has 0 bridgehead atoms. The van der Waals surface area contributed by atoms with E-state index >= 15 is 0 Å². The molecule has 2 radical (unpaired) electrons. The molecule has 0 aliphatic rings. The summed E-state index contributed by atoms with van der Waals surface area (Å²) in [7, 11) is 0. The van der Waals surface area contributed by atoms with Gasteiger partial charge in [0, 0.05) is 120 Å². The number of aromatic nitrogens is 3. The molecular formula is C53H79N6PaSTl-. The average Bonchev–Trinajstić information content (AvgIpc) is 3.53. The molecule has 62 heavy (non-hydrogen) atoms. The van der Waals surface area contributed by atoms with Crippen molar-refractivity contribution in [3.05, 3.63) is 138 Å². The number of benzene rings is 2. The van der Waals surface area contributed by atoms with Crippen molar-refractivity contribution in [1.82, 2.24) is 24.7 Å². The van der Waals surface area contributed by atoms with Crippen LogP contribution in [0.15, 0.2) is 97.5 Å². The number of rotatable bonds is 17. The van der Waals surface area contributed by atoms with Crippen molar-refractivity contribution in [2.75, 3.05) is 6.54 Å². The summed E-state index contributed by atoms with van der Waals surface area (Å²) in [6, 6.07) is 20.3. The van der Waals surface area contributed by atoms with E-state index in [4.69, 9.17) is 10.8 Å². The van der Waals surface area contributed by atoms with Crippen LogP contribution in [0.1, 0.15) is 148 Å². The number of nitrogens with zero attached hydrogens (tertiary/aromatic N) is 3. The van der Waals surface area contributed by atoms with Crippen molar-refractivity contribution in [2.45, 2.75) is 147 Å². The third kappa shape index (κ3) is 18.4. The summed E-state index contributed by atoms with van der Waals surface area (Å²) in [5.41, 5.74) is 18.5. The van der Waals surface area contributed by atoms with Gasteiger partial charge in [-0.3, -0.25) is 26.0 Å². The molecule has 2 atom stereocenters. The molecule has 0 aliphatic carbocycles. The Morgan fingerprint density at radius 1 is 0.919 bits per heavy atom. The summed E-state index contributed by atoms with van der Waals surface area (Å²) in [4.78, 5) is 9.56. The van der Waals surface area contributed by atoms with Crippen molar-refractivity contribution in [3.8, 4) is 22.4 Å². The SMILES string of the molecule is C=C(C)C.C=C(CCCCNN)C(Cc1cc([CH2-])cc(-c2ccc3c(c2)c(CC(C)(C)C)c(-c2cc(Cc4cccnc4)cnc2C(C)CC)n3CC)c1)NS.CC.CC.[Pa].[Tl]. The number of hydrogen-bond acceptors (Lipinski definition) is 6. The number of unbranched alkanes of at least 4 members (excludes halogenated alkanes) is 1. The molecule has 0 fully saturated rings. The van der Waals surface area contributed by atoms with Crippen LogP contribution in [-0.2, 0) is 25.8 Å². The normalized spacial score (nSPS) is 11.6. The minimum Gasteiger partial charge on any atom is -0.340 e. The molecule has 0 spiro atoms. The largest absolute Gasteiger partial charge is 0.340 e. The van der Waals surface area contributed by atoms with Crippen LogP contribution in [0.3, 0.4) is 0 Å². The fourth-order valence-corrected chi connectivity index (χ4v) is 7.67. The Labute approximate surface area is 428 Å². The Morgan fingerprint density at radius 3 is 2.16 bits per heavy atom. The van der Waals surface area contributed by atoms with Crippen LogP contribution in [-0.4, -0.2) is 54.4 Å². The van der Waals surface area contributed by atoms with Crippen LogP contribution in [0.25, 0.3) is 33.3 Å². The van der Waals surface area contributed by atoms with Gasteiger partial charge in [0.05, 0.1) is 11.4 Å². The number of pyridine rings is 2. The van der Waals surface area contributed by atoms with E-state index in [1.165, 1.54) is 66.8 Å². The molecule has 3 aromatic heterocycles. The quantitative estimate of drug-likeness (QED) is 0.0142. The van der Waals surface area contributed by atoms with Crippen molar-refractivity contribution < 1.29 is 32.3 Å². The molecule has 0 saturated heterocycles. The average molecular weight is 1270 g/mol. The summed E-state index contributed by atoms with van der Waals surface area (Å²) < 4.78 is 5.74. The maximum absolute atomic E-state index is 5.46. The van der Waals surface area contributed by atoms with Crippen LogP contribution in [0.5, 0.6) is 0 Å². The second-order valence-electron chi connectivity index (χ2n) is 16.9. The van der Waals surface area contributed by atoms with Crippen molar-refractivity contribution in [3.63, 3.8) is 0 Å². The van der Waals surface area contributed by atoms with E-state index in [2.05, 4.69) is 149 Å². The van der Waals surface area contributed by atoms with Gasteiger partial charge < -0.3 is 4.57 Å².